The summed E-state index contributed by atoms with van der Waals surface area (Å²) in [6, 6.07) is 0.383. The molecular formula is C14H27NO. The molecule has 0 aliphatic carbocycles. The van der Waals surface area contributed by atoms with Gasteiger partial charge in [0.05, 0.1) is 6.10 Å². The summed E-state index contributed by atoms with van der Waals surface area (Å²) in [5.41, 5.74) is 0.153. The summed E-state index contributed by atoms with van der Waals surface area (Å²) in [7, 11) is 2.00. The van der Waals surface area contributed by atoms with E-state index in [-0.39, 0.29) is 11.5 Å². The highest BCUT2D eigenvalue weighted by Crippen LogP contribution is 2.27. The Hall–Kier alpha value is -0.520. The molecular weight excluding hydrogens is 198 g/mol. The fourth-order valence-electron chi connectivity index (χ4n) is 2.02. The van der Waals surface area contributed by atoms with E-state index in [4.69, 9.17) is 11.2 Å². The summed E-state index contributed by atoms with van der Waals surface area (Å²) >= 11 is 0. The van der Waals surface area contributed by atoms with E-state index in [2.05, 4.69) is 32.0 Å². The average molecular weight is 225 g/mol. The fourth-order valence-corrected chi connectivity index (χ4v) is 2.02. The fraction of sp³-hybridized carbons (Fsp3) is 0.857. The van der Waals surface area contributed by atoms with Crippen molar-refractivity contribution >= 4 is 0 Å². The van der Waals surface area contributed by atoms with Crippen LogP contribution in [0.3, 0.4) is 0 Å². The molecule has 0 aromatic heterocycles. The van der Waals surface area contributed by atoms with Gasteiger partial charge in [-0.15, -0.1) is 12.3 Å². The van der Waals surface area contributed by atoms with Gasteiger partial charge < -0.3 is 10.1 Å². The van der Waals surface area contributed by atoms with Crippen LogP contribution in [0, 0.1) is 17.8 Å². The lowest BCUT2D eigenvalue weighted by atomic mass is 9.83. The summed E-state index contributed by atoms with van der Waals surface area (Å²) in [5.74, 6) is 2.69. The molecule has 2 atom stereocenters. The van der Waals surface area contributed by atoms with Crippen LogP contribution in [0.15, 0.2) is 0 Å². The zero-order valence-electron chi connectivity index (χ0n) is 11.5. The Bertz CT molecular complexity index is 212. The molecule has 2 heteroatoms. The van der Waals surface area contributed by atoms with Gasteiger partial charge in [0.2, 0.25) is 0 Å². The first-order valence-corrected chi connectivity index (χ1v) is 6.19. The average Bonchev–Trinajstić information content (AvgIpc) is 2.20. The van der Waals surface area contributed by atoms with Gasteiger partial charge in [-0.25, -0.2) is 0 Å². The molecule has 2 unspecified atom stereocenters. The van der Waals surface area contributed by atoms with Crippen LogP contribution < -0.4 is 5.32 Å². The Labute approximate surface area is 101 Å². The van der Waals surface area contributed by atoms with Crippen LogP contribution >= 0.6 is 0 Å². The van der Waals surface area contributed by atoms with Crippen molar-refractivity contribution in [3.8, 4) is 12.3 Å². The Balaban J connectivity index is 4.41. The monoisotopic (exact) mass is 225 g/mol. The van der Waals surface area contributed by atoms with E-state index in [1.165, 1.54) is 0 Å². The second-order valence-corrected chi connectivity index (χ2v) is 5.23. The maximum atomic E-state index is 5.88. The van der Waals surface area contributed by atoms with E-state index in [1.807, 2.05) is 14.0 Å². The van der Waals surface area contributed by atoms with Crippen molar-refractivity contribution in [2.75, 3.05) is 13.7 Å². The van der Waals surface area contributed by atoms with Crippen LogP contribution in [0.4, 0.5) is 0 Å². The Morgan fingerprint density at radius 3 is 2.38 bits per heavy atom. The van der Waals surface area contributed by atoms with Crippen LogP contribution in [0.25, 0.3) is 0 Å². The maximum Gasteiger partial charge on any atom is 0.0775 e. The van der Waals surface area contributed by atoms with E-state index < -0.39 is 0 Å². The minimum Gasteiger partial charge on any atom is -0.376 e. The van der Waals surface area contributed by atoms with Crippen molar-refractivity contribution in [3.05, 3.63) is 0 Å². The van der Waals surface area contributed by atoms with E-state index in [9.17, 15) is 0 Å². The predicted molar refractivity (Wildman–Crippen MR) is 70.4 cm³/mol. The van der Waals surface area contributed by atoms with Gasteiger partial charge in [-0.1, -0.05) is 20.8 Å². The second kappa shape index (κ2) is 7.70. The molecule has 0 aliphatic rings. The molecule has 0 rings (SSSR count). The topological polar surface area (TPSA) is 21.3 Å². The minimum atomic E-state index is 0.153. The van der Waals surface area contributed by atoms with Crippen molar-refractivity contribution in [1.29, 1.82) is 0 Å². The number of likely N-dealkylation sites (N-methyl/N-ethyl adjacent to an activating group) is 1. The van der Waals surface area contributed by atoms with Gasteiger partial charge in [0.1, 0.15) is 0 Å². The molecule has 0 bridgehead atoms. The van der Waals surface area contributed by atoms with Crippen LogP contribution in [-0.2, 0) is 4.74 Å². The molecule has 0 heterocycles. The molecule has 0 aliphatic heterocycles. The third-order valence-electron chi connectivity index (χ3n) is 2.77. The first kappa shape index (κ1) is 15.5. The quantitative estimate of drug-likeness (QED) is 0.531. The highest BCUT2D eigenvalue weighted by molar-refractivity contribution is 4.88. The summed E-state index contributed by atoms with van der Waals surface area (Å²) in [4.78, 5) is 0. The molecule has 0 aromatic carbocycles. The third kappa shape index (κ3) is 5.53. The summed E-state index contributed by atoms with van der Waals surface area (Å²) in [5, 5.41) is 3.36. The molecule has 0 saturated heterocycles. The highest BCUT2D eigenvalue weighted by atomic mass is 16.5. The molecule has 16 heavy (non-hydrogen) atoms. The number of nitrogens with one attached hydrogen (secondary N) is 1. The van der Waals surface area contributed by atoms with Gasteiger partial charge in [-0.05, 0) is 32.2 Å². The Morgan fingerprint density at radius 1 is 1.38 bits per heavy atom. The minimum absolute atomic E-state index is 0.153. The molecule has 2 nitrogen and oxygen atoms in total. The molecule has 0 aromatic rings. The van der Waals surface area contributed by atoms with Gasteiger partial charge in [0, 0.05) is 19.1 Å². The number of ether oxygens (including phenoxy) is 1. The highest BCUT2D eigenvalue weighted by Gasteiger charge is 2.31. The summed E-state index contributed by atoms with van der Waals surface area (Å²) in [6.45, 7) is 9.47. The summed E-state index contributed by atoms with van der Waals surface area (Å²) < 4.78 is 5.88. The molecule has 1 N–H and O–H groups in total. The molecule has 0 fully saturated rings. The van der Waals surface area contributed by atoms with Crippen LogP contribution in [0.5, 0.6) is 0 Å². The van der Waals surface area contributed by atoms with E-state index in [0.29, 0.717) is 6.04 Å². The van der Waals surface area contributed by atoms with Crippen molar-refractivity contribution in [1.82, 2.24) is 5.32 Å². The predicted octanol–water partition coefficient (Wildman–Crippen LogP) is 2.83. The third-order valence-corrected chi connectivity index (χ3v) is 2.77. The van der Waals surface area contributed by atoms with Crippen LogP contribution in [0.2, 0.25) is 0 Å². The van der Waals surface area contributed by atoms with Crippen LogP contribution in [-0.4, -0.2) is 25.8 Å². The van der Waals surface area contributed by atoms with Crippen molar-refractivity contribution in [2.24, 2.45) is 5.41 Å². The van der Waals surface area contributed by atoms with Crippen LogP contribution in [0.1, 0.15) is 47.0 Å². The number of terminal acetylenes is 1. The van der Waals surface area contributed by atoms with E-state index in [0.717, 1.165) is 25.9 Å². The largest absolute Gasteiger partial charge is 0.376 e. The normalized spacial score (nSPS) is 15.5. The first-order chi connectivity index (χ1) is 7.47. The number of hydrogen-bond donors (Lipinski definition) is 1. The van der Waals surface area contributed by atoms with Crippen molar-refractivity contribution in [3.63, 3.8) is 0 Å². The second-order valence-electron chi connectivity index (χ2n) is 5.23. The van der Waals surface area contributed by atoms with E-state index >= 15 is 0 Å². The zero-order chi connectivity index (χ0) is 12.6. The van der Waals surface area contributed by atoms with Gasteiger partial charge in [0.15, 0.2) is 0 Å². The number of rotatable bonds is 7. The van der Waals surface area contributed by atoms with Gasteiger partial charge >= 0.3 is 0 Å². The summed E-state index contributed by atoms with van der Waals surface area (Å²) in [6.07, 6.45) is 8.49. The zero-order valence-corrected chi connectivity index (χ0v) is 11.5. The Morgan fingerprint density at radius 2 is 2.00 bits per heavy atom. The van der Waals surface area contributed by atoms with Gasteiger partial charge in [-0.3, -0.25) is 0 Å². The standard InChI is InChI=1S/C14H27NO/c1-7-9-10-11-12(15-6)13(16-8-2)14(3,4)5/h1,12-13,15H,8-11H2,2-6H3. The van der Waals surface area contributed by atoms with Crippen molar-refractivity contribution in [2.45, 2.75) is 59.1 Å². The molecule has 0 radical (unpaired) electrons. The van der Waals surface area contributed by atoms with Crippen molar-refractivity contribution < 1.29 is 4.74 Å². The smallest absolute Gasteiger partial charge is 0.0775 e. The molecule has 0 amide bonds. The number of unbranched alkanes of at least 4 members (excludes halogenated alkanes) is 1. The lowest BCUT2D eigenvalue weighted by Crippen LogP contribution is -2.47. The maximum absolute atomic E-state index is 5.88. The Kier molecular flexibility index (Phi) is 7.45. The lowest BCUT2D eigenvalue weighted by molar-refractivity contribution is -0.0361. The lowest BCUT2D eigenvalue weighted by Gasteiger charge is -2.36. The van der Waals surface area contributed by atoms with E-state index in [1.54, 1.807) is 0 Å². The SMILES string of the molecule is C#CCCCC(NC)C(OCC)C(C)(C)C. The number of hydrogen-bond acceptors (Lipinski definition) is 2. The van der Waals surface area contributed by atoms with Gasteiger partial charge in [-0.2, -0.15) is 0 Å². The molecule has 0 spiro atoms. The molecule has 0 saturated carbocycles. The molecule has 94 valence electrons. The van der Waals surface area contributed by atoms with Gasteiger partial charge in [0.25, 0.3) is 0 Å². The first-order valence-electron chi connectivity index (χ1n) is 6.19.